The van der Waals surface area contributed by atoms with Crippen LogP contribution in [0, 0.1) is 0 Å². The number of hydrogen-bond donors (Lipinski definition) is 0. The van der Waals surface area contributed by atoms with Crippen LogP contribution in [0.15, 0.2) is 41.3 Å². The van der Waals surface area contributed by atoms with E-state index in [1.807, 2.05) is 6.07 Å². The average molecular weight is 245 g/mol. The van der Waals surface area contributed by atoms with E-state index in [0.29, 0.717) is 10.9 Å². The third-order valence-corrected chi connectivity index (χ3v) is 5.87. The second-order valence-corrected chi connectivity index (χ2v) is 6.76. The predicted octanol–water partition coefficient (Wildman–Crippen LogP) is 3.62. The summed E-state index contributed by atoms with van der Waals surface area (Å²) in [4.78, 5) is 1.54. The molecule has 1 heterocycles. The van der Waals surface area contributed by atoms with Crippen LogP contribution in [0.2, 0.25) is 0 Å². The lowest BCUT2D eigenvalue weighted by Crippen LogP contribution is -2.03. The molecule has 1 aliphatic heterocycles. The van der Waals surface area contributed by atoms with Gasteiger partial charge in [-0.1, -0.05) is 6.07 Å². The first kappa shape index (κ1) is 11.0. The van der Waals surface area contributed by atoms with Crippen molar-refractivity contribution in [1.82, 2.24) is 0 Å². The van der Waals surface area contributed by atoms with Crippen molar-refractivity contribution >= 4 is 21.7 Å². The molecule has 0 radical (unpaired) electrons. The smallest absolute Gasteiger partial charge is 0.155 e. The molecule has 2 aromatic rings. The van der Waals surface area contributed by atoms with Gasteiger partial charge in [0.1, 0.15) is 17.3 Å². The van der Waals surface area contributed by atoms with Crippen LogP contribution >= 0.6 is 0 Å². The van der Waals surface area contributed by atoms with Crippen molar-refractivity contribution in [2.75, 3.05) is 18.6 Å². The van der Waals surface area contributed by atoms with E-state index in [1.54, 1.807) is 12.0 Å². The van der Waals surface area contributed by atoms with Gasteiger partial charge in [0.25, 0.3) is 0 Å². The van der Waals surface area contributed by atoms with E-state index in [2.05, 4.69) is 30.3 Å². The van der Waals surface area contributed by atoms with Crippen molar-refractivity contribution in [2.24, 2.45) is 0 Å². The highest BCUT2D eigenvalue weighted by Gasteiger charge is 2.26. The fourth-order valence-electron chi connectivity index (χ4n) is 2.40. The van der Waals surface area contributed by atoms with Gasteiger partial charge in [-0.3, -0.25) is 0 Å². The van der Waals surface area contributed by atoms with Crippen molar-refractivity contribution in [3.8, 4) is 5.75 Å². The quantitative estimate of drug-likeness (QED) is 0.734. The Morgan fingerprint density at radius 2 is 1.65 bits per heavy atom. The lowest BCUT2D eigenvalue weighted by Gasteiger charge is -2.04. The van der Waals surface area contributed by atoms with Crippen LogP contribution in [0.1, 0.15) is 12.8 Å². The first-order valence-corrected chi connectivity index (χ1v) is 7.68. The predicted molar refractivity (Wildman–Crippen MR) is 75.1 cm³/mol. The monoisotopic (exact) mass is 245 g/mol. The Morgan fingerprint density at radius 1 is 0.941 bits per heavy atom. The molecule has 1 fully saturated rings. The Morgan fingerprint density at radius 3 is 2.41 bits per heavy atom. The molecule has 0 saturated carbocycles. The van der Waals surface area contributed by atoms with Crippen LogP contribution in [-0.2, 0) is 10.9 Å². The summed E-state index contributed by atoms with van der Waals surface area (Å²) in [6, 6.07) is 13.2. The van der Waals surface area contributed by atoms with Crippen molar-refractivity contribution in [3.63, 3.8) is 0 Å². The summed E-state index contributed by atoms with van der Waals surface area (Å²) < 4.78 is 5.25. The van der Waals surface area contributed by atoms with Crippen molar-refractivity contribution in [2.45, 2.75) is 17.7 Å². The minimum Gasteiger partial charge on any atom is -0.497 e. The van der Waals surface area contributed by atoms with Crippen LogP contribution in [-0.4, -0.2) is 18.6 Å². The molecule has 1 saturated heterocycles. The number of methoxy groups -OCH3 is 1. The molecule has 0 unspecified atom stereocenters. The van der Waals surface area contributed by atoms with E-state index in [0.717, 1.165) is 5.75 Å². The van der Waals surface area contributed by atoms with E-state index in [4.69, 9.17) is 4.74 Å². The Kier molecular flexibility index (Phi) is 2.98. The number of rotatable bonds is 2. The summed E-state index contributed by atoms with van der Waals surface area (Å²) in [6.07, 6.45) is 2.81. The molecule has 0 N–H and O–H groups in total. The van der Waals surface area contributed by atoms with Gasteiger partial charge in [0.2, 0.25) is 0 Å². The number of fused-ring (bicyclic) bond motifs is 1. The molecule has 1 nitrogen and oxygen atoms in total. The van der Waals surface area contributed by atoms with Crippen molar-refractivity contribution < 1.29 is 4.74 Å². The molecular weight excluding hydrogens is 228 g/mol. The summed E-state index contributed by atoms with van der Waals surface area (Å²) in [5, 5.41) is 2.61. The molecule has 1 aliphatic rings. The fourth-order valence-corrected chi connectivity index (χ4v) is 4.73. The van der Waals surface area contributed by atoms with Gasteiger partial charge in [-0.25, -0.2) is 0 Å². The zero-order valence-corrected chi connectivity index (χ0v) is 10.9. The third-order valence-electron chi connectivity index (χ3n) is 3.38. The van der Waals surface area contributed by atoms with E-state index in [1.165, 1.54) is 35.1 Å². The van der Waals surface area contributed by atoms with Gasteiger partial charge in [0.15, 0.2) is 4.90 Å². The van der Waals surface area contributed by atoms with Gasteiger partial charge in [-0.2, -0.15) is 0 Å². The highest BCUT2D eigenvalue weighted by Crippen LogP contribution is 2.27. The summed E-state index contributed by atoms with van der Waals surface area (Å²) in [5.74, 6) is 3.72. The summed E-state index contributed by atoms with van der Waals surface area (Å²) >= 11 is 0. The summed E-state index contributed by atoms with van der Waals surface area (Å²) in [7, 11) is 2.23. The molecule has 0 spiro atoms. The summed E-state index contributed by atoms with van der Waals surface area (Å²) in [6.45, 7) is 0. The molecular formula is C15H17OS+. The van der Waals surface area contributed by atoms with Gasteiger partial charge in [-0.05, 0) is 47.9 Å². The highest BCUT2D eigenvalue weighted by atomic mass is 32.2. The van der Waals surface area contributed by atoms with Crippen LogP contribution < -0.4 is 4.74 Å². The zero-order valence-electron chi connectivity index (χ0n) is 10.1. The van der Waals surface area contributed by atoms with Gasteiger partial charge in [0.05, 0.1) is 7.11 Å². The standard InChI is InChI=1S/C15H17OS/c1-16-14-6-4-13-11-15(7-5-12(13)10-14)17-8-2-3-9-17/h4-7,10-11H,2-3,8-9H2,1H3/q+1. The number of ether oxygens (including phenoxy) is 1. The zero-order chi connectivity index (χ0) is 11.7. The first-order valence-electron chi connectivity index (χ1n) is 6.12. The second kappa shape index (κ2) is 4.61. The molecule has 0 aliphatic carbocycles. The van der Waals surface area contributed by atoms with Crippen LogP contribution in [0.25, 0.3) is 10.8 Å². The Hall–Kier alpha value is -1.15. The third kappa shape index (κ3) is 2.14. The molecule has 2 aromatic carbocycles. The fraction of sp³-hybridized carbons (Fsp3) is 0.333. The van der Waals surface area contributed by atoms with Crippen LogP contribution in [0.5, 0.6) is 5.75 Å². The van der Waals surface area contributed by atoms with E-state index in [-0.39, 0.29) is 0 Å². The highest BCUT2D eigenvalue weighted by molar-refractivity contribution is 7.97. The average Bonchev–Trinajstić information content (AvgIpc) is 2.91. The van der Waals surface area contributed by atoms with Crippen LogP contribution in [0.3, 0.4) is 0 Å². The van der Waals surface area contributed by atoms with E-state index >= 15 is 0 Å². The van der Waals surface area contributed by atoms with Gasteiger partial charge < -0.3 is 4.74 Å². The van der Waals surface area contributed by atoms with Crippen molar-refractivity contribution in [1.29, 1.82) is 0 Å². The van der Waals surface area contributed by atoms with Crippen molar-refractivity contribution in [3.05, 3.63) is 36.4 Å². The molecule has 0 bridgehead atoms. The Bertz CT molecular complexity index is 529. The van der Waals surface area contributed by atoms with Gasteiger partial charge in [0, 0.05) is 17.0 Å². The van der Waals surface area contributed by atoms with Gasteiger partial charge >= 0.3 is 0 Å². The molecule has 2 heteroatoms. The van der Waals surface area contributed by atoms with E-state index < -0.39 is 0 Å². The number of hydrogen-bond acceptors (Lipinski definition) is 1. The SMILES string of the molecule is COc1ccc2cc([S+]3CCCC3)ccc2c1. The topological polar surface area (TPSA) is 9.23 Å². The Balaban J connectivity index is 2.01. The maximum atomic E-state index is 5.25. The molecule has 0 aromatic heterocycles. The normalized spacial score (nSPS) is 16.5. The molecule has 88 valence electrons. The maximum Gasteiger partial charge on any atom is 0.155 e. The lowest BCUT2D eigenvalue weighted by atomic mass is 10.1. The lowest BCUT2D eigenvalue weighted by molar-refractivity contribution is 0.415. The minimum atomic E-state index is 0.515. The van der Waals surface area contributed by atoms with Crippen LogP contribution in [0.4, 0.5) is 0 Å². The summed E-state index contributed by atoms with van der Waals surface area (Å²) in [5.41, 5.74) is 0. The first-order chi connectivity index (χ1) is 8.36. The number of benzene rings is 2. The Labute approximate surface area is 105 Å². The van der Waals surface area contributed by atoms with Gasteiger partial charge in [-0.15, -0.1) is 0 Å². The molecule has 17 heavy (non-hydrogen) atoms. The maximum absolute atomic E-state index is 5.25. The molecule has 0 amide bonds. The van der Waals surface area contributed by atoms with E-state index in [9.17, 15) is 0 Å². The molecule has 3 rings (SSSR count). The minimum absolute atomic E-state index is 0.515. The molecule has 0 atom stereocenters. The second-order valence-electron chi connectivity index (χ2n) is 4.48. The largest absolute Gasteiger partial charge is 0.497 e.